The van der Waals surface area contributed by atoms with Gasteiger partial charge >= 0.3 is 11.2 Å². The SMILES string of the molecule is CCCC(NC(=O)Oc1ccc(-c2ccccn2)s1)C(=O)N1CCC2C1C(=O)CN2S(=O)(=O)C(=O)c1ccccn1. The Morgan fingerprint density at radius 2 is 1.85 bits per heavy atom. The number of amides is 2. The number of ketones is 1. The van der Waals surface area contributed by atoms with Crippen LogP contribution in [0.5, 0.6) is 5.06 Å². The number of rotatable bonds is 8. The molecule has 2 aliphatic heterocycles. The van der Waals surface area contributed by atoms with Crippen LogP contribution in [0.4, 0.5) is 4.79 Å². The zero-order valence-corrected chi connectivity index (χ0v) is 23.6. The molecule has 1 N–H and O–H groups in total. The van der Waals surface area contributed by atoms with E-state index in [4.69, 9.17) is 4.74 Å². The fourth-order valence-corrected chi connectivity index (χ4v) is 7.40. The van der Waals surface area contributed by atoms with E-state index in [1.54, 1.807) is 30.5 Å². The number of pyridine rings is 2. The Kier molecular flexibility index (Phi) is 8.24. The first-order valence-electron chi connectivity index (χ1n) is 13.0. The average Bonchev–Trinajstić information content (AvgIpc) is 3.70. The van der Waals surface area contributed by atoms with Gasteiger partial charge < -0.3 is 15.0 Å². The second-order valence-electron chi connectivity index (χ2n) is 9.56. The van der Waals surface area contributed by atoms with Gasteiger partial charge in [0.15, 0.2) is 10.8 Å². The third kappa shape index (κ3) is 5.76. The highest BCUT2D eigenvalue weighted by Crippen LogP contribution is 2.34. The molecular weight excluding hydrogens is 570 g/mol. The number of carbonyl (C=O) groups is 4. The number of nitrogens with one attached hydrogen (secondary N) is 1. The quantitative estimate of drug-likeness (QED) is 0.412. The number of likely N-dealkylation sites (tertiary alicyclic amines) is 1. The lowest BCUT2D eigenvalue weighted by Crippen LogP contribution is -2.53. The average molecular weight is 598 g/mol. The van der Waals surface area contributed by atoms with E-state index in [9.17, 15) is 27.6 Å². The van der Waals surface area contributed by atoms with Gasteiger partial charge in [0, 0.05) is 18.9 Å². The fraction of sp³-hybridized carbons (Fsp3) is 0.333. The van der Waals surface area contributed by atoms with Gasteiger partial charge in [-0.25, -0.2) is 13.2 Å². The van der Waals surface area contributed by atoms with E-state index in [1.807, 2.05) is 19.1 Å². The van der Waals surface area contributed by atoms with Gasteiger partial charge in [-0.1, -0.05) is 36.8 Å². The van der Waals surface area contributed by atoms with Crippen LogP contribution in [0, 0.1) is 0 Å². The van der Waals surface area contributed by atoms with Crippen LogP contribution >= 0.6 is 11.3 Å². The number of thiophene rings is 1. The number of fused-ring (bicyclic) bond motifs is 1. The van der Waals surface area contributed by atoms with Crippen molar-refractivity contribution in [3.63, 3.8) is 0 Å². The van der Waals surface area contributed by atoms with Gasteiger partial charge in [0.25, 0.3) is 10.0 Å². The van der Waals surface area contributed by atoms with Crippen molar-refractivity contribution >= 4 is 44.3 Å². The second kappa shape index (κ2) is 11.8. The first kappa shape index (κ1) is 28.5. The zero-order chi connectivity index (χ0) is 29.1. The Hall–Kier alpha value is -4.01. The predicted octanol–water partition coefficient (Wildman–Crippen LogP) is 2.49. The van der Waals surface area contributed by atoms with E-state index in [-0.39, 0.29) is 25.1 Å². The van der Waals surface area contributed by atoms with E-state index in [0.717, 1.165) is 14.9 Å². The maximum atomic E-state index is 13.6. The third-order valence-electron chi connectivity index (χ3n) is 6.94. The fourth-order valence-electron chi connectivity index (χ4n) is 5.09. The first-order valence-corrected chi connectivity index (χ1v) is 15.3. The zero-order valence-electron chi connectivity index (χ0n) is 22.0. The number of sulfonamides is 1. The summed E-state index contributed by atoms with van der Waals surface area (Å²) in [7, 11) is -4.55. The van der Waals surface area contributed by atoms with Crippen LogP contribution in [0.1, 0.15) is 36.7 Å². The van der Waals surface area contributed by atoms with Gasteiger partial charge in [-0.2, -0.15) is 4.31 Å². The summed E-state index contributed by atoms with van der Waals surface area (Å²) in [6.07, 6.45) is 3.14. The summed E-state index contributed by atoms with van der Waals surface area (Å²) in [5.41, 5.74) is 0.479. The number of ether oxygens (including phenoxy) is 1. The molecule has 214 valence electrons. The minimum atomic E-state index is -4.55. The number of Topliss-reactive ketones (excluding diaryl/α,β-unsaturated/α-hetero) is 1. The van der Waals surface area contributed by atoms with Gasteiger partial charge in [-0.15, -0.1) is 0 Å². The summed E-state index contributed by atoms with van der Waals surface area (Å²) < 4.78 is 32.6. The molecule has 5 heterocycles. The summed E-state index contributed by atoms with van der Waals surface area (Å²) in [5, 5.41) is 1.71. The molecule has 0 bridgehead atoms. The van der Waals surface area contributed by atoms with Crippen molar-refractivity contribution in [2.45, 2.75) is 44.3 Å². The van der Waals surface area contributed by atoms with Crippen LogP contribution in [0.2, 0.25) is 0 Å². The van der Waals surface area contributed by atoms with Crippen molar-refractivity contribution in [1.82, 2.24) is 24.5 Å². The van der Waals surface area contributed by atoms with Crippen LogP contribution in [-0.4, -0.2) is 81.7 Å². The maximum Gasteiger partial charge on any atom is 0.414 e. The molecule has 2 aliphatic rings. The molecule has 0 saturated carbocycles. The second-order valence-corrected chi connectivity index (χ2v) is 12.4. The summed E-state index contributed by atoms with van der Waals surface area (Å²) in [5.74, 6) is -1.00. The molecule has 12 nitrogen and oxygen atoms in total. The first-order chi connectivity index (χ1) is 19.7. The number of aromatic nitrogens is 2. The largest absolute Gasteiger partial charge is 0.414 e. The van der Waals surface area contributed by atoms with Gasteiger partial charge in [0.05, 0.1) is 23.2 Å². The third-order valence-corrected chi connectivity index (χ3v) is 9.62. The van der Waals surface area contributed by atoms with E-state index >= 15 is 0 Å². The Morgan fingerprint density at radius 3 is 2.54 bits per heavy atom. The molecule has 2 fully saturated rings. The lowest BCUT2D eigenvalue weighted by molar-refractivity contribution is -0.138. The van der Waals surface area contributed by atoms with Gasteiger partial charge in [0.1, 0.15) is 17.8 Å². The Bertz CT molecular complexity index is 1560. The molecule has 0 aliphatic carbocycles. The molecule has 3 aromatic heterocycles. The Labute approximate surface area is 240 Å². The number of nitrogens with zero attached hydrogens (tertiary/aromatic N) is 4. The van der Waals surface area contributed by atoms with Crippen LogP contribution in [-0.2, 0) is 19.6 Å². The van der Waals surface area contributed by atoms with Crippen molar-refractivity contribution in [2.24, 2.45) is 0 Å². The number of hydrogen-bond donors (Lipinski definition) is 1. The van der Waals surface area contributed by atoms with Gasteiger partial charge in [0.2, 0.25) is 5.91 Å². The molecule has 0 radical (unpaired) electrons. The Balaban J connectivity index is 1.26. The van der Waals surface area contributed by atoms with Crippen molar-refractivity contribution < 1.29 is 32.3 Å². The van der Waals surface area contributed by atoms with Crippen LogP contribution in [0.3, 0.4) is 0 Å². The molecule has 2 saturated heterocycles. The highest BCUT2D eigenvalue weighted by atomic mass is 32.2. The normalized spacial score (nSPS) is 19.5. The number of hydrogen-bond acceptors (Lipinski definition) is 10. The summed E-state index contributed by atoms with van der Waals surface area (Å²) in [4.78, 5) is 62.3. The molecule has 0 aromatic carbocycles. The highest BCUT2D eigenvalue weighted by Gasteiger charge is 2.55. The molecule has 0 spiro atoms. The van der Waals surface area contributed by atoms with E-state index < -0.39 is 57.6 Å². The van der Waals surface area contributed by atoms with E-state index in [1.165, 1.54) is 34.6 Å². The summed E-state index contributed by atoms with van der Waals surface area (Å²) in [6.45, 7) is 1.42. The van der Waals surface area contributed by atoms with Crippen molar-refractivity contribution in [3.8, 4) is 15.6 Å². The summed E-state index contributed by atoms with van der Waals surface area (Å²) >= 11 is 1.22. The lowest BCUT2D eigenvalue weighted by Gasteiger charge is -2.27. The van der Waals surface area contributed by atoms with Crippen LogP contribution in [0.25, 0.3) is 10.6 Å². The van der Waals surface area contributed by atoms with E-state index in [2.05, 4.69) is 15.3 Å². The van der Waals surface area contributed by atoms with Gasteiger partial charge in [-0.05, 0) is 49.2 Å². The van der Waals surface area contributed by atoms with Crippen LogP contribution in [0.15, 0.2) is 60.9 Å². The summed E-state index contributed by atoms with van der Waals surface area (Å²) in [6, 6.07) is 10.3. The smallest absolute Gasteiger partial charge is 0.399 e. The molecule has 3 aromatic rings. The lowest BCUT2D eigenvalue weighted by atomic mass is 10.1. The monoisotopic (exact) mass is 597 g/mol. The molecule has 2 amide bonds. The predicted molar refractivity (Wildman–Crippen MR) is 149 cm³/mol. The van der Waals surface area contributed by atoms with Crippen molar-refractivity contribution in [2.75, 3.05) is 13.1 Å². The van der Waals surface area contributed by atoms with Crippen LogP contribution < -0.4 is 10.1 Å². The standard InChI is InChI=1S/C27H27N5O7S2/c1-2-7-18(30-27(36)39-23-11-10-22(40-23)17-8-3-5-13-28-17)25(34)31-15-12-20-24(31)21(33)16-32(20)41(37,38)26(35)19-9-4-6-14-29-19/h3-6,8-11,13-14,18,20,24H,2,7,12,15-16H2,1H3,(H,30,36). The van der Waals surface area contributed by atoms with Gasteiger partial charge in [-0.3, -0.25) is 24.4 Å². The molecular formula is C27H27N5O7S2. The number of carbonyl (C=O) groups excluding carboxylic acids is 4. The molecule has 41 heavy (non-hydrogen) atoms. The Morgan fingerprint density at radius 1 is 1.10 bits per heavy atom. The topological polar surface area (TPSA) is 156 Å². The molecule has 5 rings (SSSR count). The minimum Gasteiger partial charge on any atom is -0.399 e. The van der Waals surface area contributed by atoms with Crippen molar-refractivity contribution in [1.29, 1.82) is 0 Å². The molecule has 3 atom stereocenters. The molecule has 14 heteroatoms. The van der Waals surface area contributed by atoms with E-state index in [0.29, 0.717) is 11.5 Å². The van der Waals surface area contributed by atoms with Crippen molar-refractivity contribution in [3.05, 3.63) is 66.6 Å². The molecule has 3 unspecified atom stereocenters. The minimum absolute atomic E-state index is 0.0962. The highest BCUT2D eigenvalue weighted by molar-refractivity contribution is 8.04. The maximum absolute atomic E-state index is 13.6.